The van der Waals surface area contributed by atoms with Gasteiger partial charge in [-0.1, -0.05) is 42.5 Å². The third-order valence-corrected chi connectivity index (χ3v) is 6.48. The highest BCUT2D eigenvalue weighted by molar-refractivity contribution is 6.00. The number of guanidine groups is 1. The van der Waals surface area contributed by atoms with Crippen molar-refractivity contribution in [1.82, 2.24) is 19.9 Å². The molecule has 1 saturated carbocycles. The molecule has 1 fully saturated rings. The Hall–Kier alpha value is -4.07. The lowest BCUT2D eigenvalue weighted by molar-refractivity contribution is 0.306. The van der Waals surface area contributed by atoms with Gasteiger partial charge in [0.2, 0.25) is 0 Å². The minimum atomic E-state index is 0.0343. The van der Waals surface area contributed by atoms with Crippen molar-refractivity contribution in [2.45, 2.75) is 44.4 Å². The van der Waals surface area contributed by atoms with Crippen LogP contribution in [0.3, 0.4) is 0 Å². The maximum atomic E-state index is 7.49. The van der Waals surface area contributed by atoms with Crippen molar-refractivity contribution >= 4 is 22.8 Å². The number of hydrogen-bond donors (Lipinski definition) is 4. The highest BCUT2D eigenvalue weighted by atomic mass is 16.5. The summed E-state index contributed by atoms with van der Waals surface area (Å²) >= 11 is 0. The Morgan fingerprint density at radius 1 is 1.06 bits per heavy atom. The zero-order valence-electron chi connectivity index (χ0n) is 18.9. The van der Waals surface area contributed by atoms with Crippen molar-refractivity contribution < 1.29 is 4.74 Å². The second kappa shape index (κ2) is 9.43. The van der Waals surface area contributed by atoms with Gasteiger partial charge >= 0.3 is 0 Å². The molecule has 4 aromatic rings. The molecular weight excluding hydrogens is 426 g/mol. The van der Waals surface area contributed by atoms with Crippen molar-refractivity contribution in [2.75, 3.05) is 5.73 Å². The summed E-state index contributed by atoms with van der Waals surface area (Å²) in [5.74, 6) is 1.31. The first-order valence-corrected chi connectivity index (χ1v) is 11.6. The molecule has 6 N–H and O–H groups in total. The first-order chi connectivity index (χ1) is 16.6. The van der Waals surface area contributed by atoms with Gasteiger partial charge in [0.05, 0.1) is 5.39 Å². The molecular formula is C26H29N7O. The smallest absolute Gasteiger partial charge is 0.185 e. The summed E-state index contributed by atoms with van der Waals surface area (Å²) in [6.07, 6.45) is 7.51. The third kappa shape index (κ3) is 4.52. The number of benzene rings is 2. The fourth-order valence-electron chi connectivity index (χ4n) is 4.82. The van der Waals surface area contributed by atoms with Crippen LogP contribution in [0, 0.1) is 5.41 Å². The molecule has 8 heteroatoms. The van der Waals surface area contributed by atoms with E-state index in [1.165, 1.54) is 6.33 Å². The molecule has 0 spiro atoms. The lowest BCUT2D eigenvalue weighted by Crippen LogP contribution is -2.41. The summed E-state index contributed by atoms with van der Waals surface area (Å²) in [6, 6.07) is 18.7. The molecule has 0 amide bonds. The lowest BCUT2D eigenvalue weighted by Gasteiger charge is -2.30. The summed E-state index contributed by atoms with van der Waals surface area (Å²) in [7, 11) is 0. The van der Waals surface area contributed by atoms with E-state index in [0.717, 1.165) is 59.2 Å². The molecule has 0 saturated heterocycles. The minimum absolute atomic E-state index is 0.0343. The number of aromatic nitrogens is 3. The van der Waals surface area contributed by atoms with Crippen LogP contribution in [0.25, 0.3) is 22.2 Å². The zero-order chi connectivity index (χ0) is 23.5. The van der Waals surface area contributed by atoms with Gasteiger partial charge in [0.1, 0.15) is 30.1 Å². The Morgan fingerprint density at radius 2 is 1.85 bits per heavy atom. The van der Waals surface area contributed by atoms with Crippen LogP contribution >= 0.6 is 0 Å². The Labute approximate surface area is 198 Å². The van der Waals surface area contributed by atoms with E-state index < -0.39 is 0 Å². The molecule has 174 valence electrons. The molecule has 2 heterocycles. The van der Waals surface area contributed by atoms with Crippen LogP contribution in [-0.4, -0.2) is 26.5 Å². The number of nitrogens with zero attached hydrogens (tertiary/aromatic N) is 3. The van der Waals surface area contributed by atoms with E-state index in [1.54, 1.807) is 0 Å². The van der Waals surface area contributed by atoms with Crippen LogP contribution in [0.5, 0.6) is 5.75 Å². The van der Waals surface area contributed by atoms with Crippen LogP contribution in [0.2, 0.25) is 0 Å². The number of nitrogens with one attached hydrogen (secondary N) is 2. The highest BCUT2D eigenvalue weighted by Gasteiger charge is 2.26. The Balaban J connectivity index is 1.44. The summed E-state index contributed by atoms with van der Waals surface area (Å²) in [6.45, 7) is 0.509. The van der Waals surface area contributed by atoms with E-state index in [1.807, 2.05) is 36.4 Å². The fourth-order valence-corrected chi connectivity index (χ4v) is 4.82. The molecule has 0 atom stereocenters. The van der Waals surface area contributed by atoms with Crippen LogP contribution in [0.15, 0.2) is 67.1 Å². The quantitative estimate of drug-likeness (QED) is 0.254. The largest absolute Gasteiger partial charge is 0.489 e. The second-order valence-electron chi connectivity index (χ2n) is 8.77. The molecule has 5 rings (SSSR count). The Kier molecular flexibility index (Phi) is 6.03. The monoisotopic (exact) mass is 455 g/mol. The molecule has 0 unspecified atom stereocenters. The summed E-state index contributed by atoms with van der Waals surface area (Å²) in [5.41, 5.74) is 15.9. The normalized spacial score (nSPS) is 18.0. The van der Waals surface area contributed by atoms with Crippen molar-refractivity contribution in [2.24, 2.45) is 5.73 Å². The SMILES string of the molecule is N=C(N)N[C@H]1CC[C@@H](n2cc(-c3cccc(OCc4ccccc4)c3)c3c(N)ncnc32)CC1. The molecule has 1 aliphatic carbocycles. The van der Waals surface area contributed by atoms with Crippen LogP contribution in [0.1, 0.15) is 37.3 Å². The number of nitrogens with two attached hydrogens (primary N) is 2. The molecule has 2 aromatic carbocycles. The Bertz CT molecular complexity index is 1290. The molecule has 1 aliphatic rings. The van der Waals surface area contributed by atoms with E-state index in [4.69, 9.17) is 21.6 Å². The van der Waals surface area contributed by atoms with Gasteiger partial charge in [-0.3, -0.25) is 5.41 Å². The number of rotatable bonds is 6. The van der Waals surface area contributed by atoms with Crippen LogP contribution < -0.4 is 21.5 Å². The first kappa shape index (κ1) is 21.8. The number of nitrogen functional groups attached to an aromatic ring is 1. The van der Waals surface area contributed by atoms with E-state index in [-0.39, 0.29) is 12.0 Å². The standard InChI is InChI=1S/C26H29N7O/c27-24-23-22(18-7-4-8-21(13-18)34-15-17-5-2-1-3-6-17)14-33(25(23)31-16-30-24)20-11-9-19(10-12-20)32-26(28)29/h1-8,13-14,16,19-20H,9-12,15H2,(H2,27,30,31)(H4,28,29,32)/t19-,20+. The van der Waals surface area contributed by atoms with Gasteiger partial charge in [0, 0.05) is 23.8 Å². The number of fused-ring (bicyclic) bond motifs is 1. The van der Waals surface area contributed by atoms with E-state index in [2.05, 4.69) is 44.2 Å². The third-order valence-electron chi connectivity index (χ3n) is 6.48. The summed E-state index contributed by atoms with van der Waals surface area (Å²) in [5, 5.41) is 11.4. The first-order valence-electron chi connectivity index (χ1n) is 11.6. The lowest BCUT2D eigenvalue weighted by atomic mass is 9.91. The summed E-state index contributed by atoms with van der Waals surface area (Å²) < 4.78 is 8.30. The fraction of sp³-hybridized carbons (Fsp3) is 0.269. The average Bonchev–Trinajstić information content (AvgIpc) is 3.25. The molecule has 0 aliphatic heterocycles. The molecule has 2 aromatic heterocycles. The van der Waals surface area contributed by atoms with Gasteiger partial charge in [0.25, 0.3) is 0 Å². The number of hydrogen-bond acceptors (Lipinski definition) is 5. The zero-order valence-corrected chi connectivity index (χ0v) is 18.9. The van der Waals surface area contributed by atoms with E-state index >= 15 is 0 Å². The van der Waals surface area contributed by atoms with Gasteiger partial charge < -0.3 is 26.1 Å². The Morgan fingerprint density at radius 3 is 2.62 bits per heavy atom. The highest BCUT2D eigenvalue weighted by Crippen LogP contribution is 2.38. The van der Waals surface area contributed by atoms with Crippen LogP contribution in [-0.2, 0) is 6.61 Å². The van der Waals surface area contributed by atoms with E-state index in [9.17, 15) is 0 Å². The van der Waals surface area contributed by atoms with Crippen molar-refractivity contribution in [3.63, 3.8) is 0 Å². The molecule has 8 nitrogen and oxygen atoms in total. The number of ether oxygens (including phenoxy) is 1. The minimum Gasteiger partial charge on any atom is -0.489 e. The molecule has 0 bridgehead atoms. The van der Waals surface area contributed by atoms with Crippen molar-refractivity contribution in [3.05, 3.63) is 72.7 Å². The van der Waals surface area contributed by atoms with Gasteiger partial charge in [-0.25, -0.2) is 9.97 Å². The molecule has 0 radical (unpaired) electrons. The summed E-state index contributed by atoms with van der Waals surface area (Å²) in [4.78, 5) is 8.87. The van der Waals surface area contributed by atoms with Gasteiger partial charge in [-0.2, -0.15) is 0 Å². The second-order valence-corrected chi connectivity index (χ2v) is 8.77. The van der Waals surface area contributed by atoms with Crippen molar-refractivity contribution in [3.8, 4) is 16.9 Å². The molecule has 34 heavy (non-hydrogen) atoms. The van der Waals surface area contributed by atoms with Gasteiger partial charge in [-0.15, -0.1) is 0 Å². The maximum Gasteiger partial charge on any atom is 0.185 e. The average molecular weight is 456 g/mol. The van der Waals surface area contributed by atoms with Crippen LogP contribution in [0.4, 0.5) is 5.82 Å². The van der Waals surface area contributed by atoms with Gasteiger partial charge in [0.15, 0.2) is 5.96 Å². The van der Waals surface area contributed by atoms with E-state index in [0.29, 0.717) is 18.5 Å². The van der Waals surface area contributed by atoms with Gasteiger partial charge in [-0.05, 0) is 48.9 Å². The topological polar surface area (TPSA) is 128 Å². The maximum absolute atomic E-state index is 7.49. The predicted octanol–water partition coefficient (Wildman–Crippen LogP) is 4.23. The predicted molar refractivity (Wildman–Crippen MR) is 134 cm³/mol. The number of anilines is 1. The van der Waals surface area contributed by atoms with Crippen molar-refractivity contribution in [1.29, 1.82) is 5.41 Å².